The van der Waals surface area contributed by atoms with Gasteiger partial charge >= 0.3 is 0 Å². The minimum Gasteiger partial charge on any atom is -0.308 e. The Balaban J connectivity index is 1.81. The van der Waals surface area contributed by atoms with Crippen LogP contribution in [0.5, 0.6) is 0 Å². The third kappa shape index (κ3) is 2.66. The molecule has 1 atom stereocenters. The molecule has 2 aliphatic rings. The molecule has 2 fully saturated rings. The first-order chi connectivity index (χ1) is 9.55. The van der Waals surface area contributed by atoms with Gasteiger partial charge in [0.25, 0.3) is 0 Å². The third-order valence-corrected chi connectivity index (χ3v) is 6.31. The highest BCUT2D eigenvalue weighted by Crippen LogP contribution is 2.40. The van der Waals surface area contributed by atoms with E-state index in [0.29, 0.717) is 5.54 Å². The maximum Gasteiger partial charge on any atom is 0.107 e. The SMILES string of the molecule is CCC1(C)CN(Cc2nc(C)cs2)C2(CCCC2)CN1. The monoisotopic (exact) mass is 293 g/mol. The molecule has 1 unspecified atom stereocenters. The smallest absolute Gasteiger partial charge is 0.107 e. The van der Waals surface area contributed by atoms with Crippen LogP contribution in [0, 0.1) is 6.92 Å². The van der Waals surface area contributed by atoms with E-state index < -0.39 is 0 Å². The van der Waals surface area contributed by atoms with Gasteiger partial charge in [-0.15, -0.1) is 11.3 Å². The fourth-order valence-electron chi connectivity index (χ4n) is 3.76. The second kappa shape index (κ2) is 5.39. The molecule has 0 radical (unpaired) electrons. The van der Waals surface area contributed by atoms with Crippen molar-refractivity contribution in [3.05, 3.63) is 16.1 Å². The second-order valence-corrected chi connectivity index (χ2v) is 7.88. The minimum absolute atomic E-state index is 0.264. The molecule has 1 aliphatic heterocycles. The molecule has 0 bridgehead atoms. The fraction of sp³-hybridized carbons (Fsp3) is 0.812. The van der Waals surface area contributed by atoms with Gasteiger partial charge in [0.15, 0.2) is 0 Å². The van der Waals surface area contributed by atoms with Gasteiger partial charge in [0.1, 0.15) is 5.01 Å². The maximum atomic E-state index is 4.69. The third-order valence-electron chi connectivity index (χ3n) is 5.36. The summed E-state index contributed by atoms with van der Waals surface area (Å²) in [7, 11) is 0. The number of nitrogens with one attached hydrogen (secondary N) is 1. The van der Waals surface area contributed by atoms with Crippen molar-refractivity contribution in [1.29, 1.82) is 0 Å². The average molecular weight is 293 g/mol. The number of aromatic nitrogens is 1. The maximum absolute atomic E-state index is 4.69. The lowest BCUT2D eigenvalue weighted by Crippen LogP contribution is -2.67. The van der Waals surface area contributed by atoms with Crippen molar-refractivity contribution in [3.8, 4) is 0 Å². The molecule has 3 rings (SSSR count). The number of piperazine rings is 1. The van der Waals surface area contributed by atoms with Crippen molar-refractivity contribution in [1.82, 2.24) is 15.2 Å². The number of hydrogen-bond acceptors (Lipinski definition) is 4. The van der Waals surface area contributed by atoms with Gasteiger partial charge in [-0.2, -0.15) is 0 Å². The van der Waals surface area contributed by atoms with Crippen molar-refractivity contribution in [2.45, 2.75) is 70.5 Å². The Kier molecular flexibility index (Phi) is 3.91. The molecule has 3 nitrogen and oxygen atoms in total. The summed E-state index contributed by atoms with van der Waals surface area (Å²) in [5.41, 5.74) is 1.83. The Morgan fingerprint density at radius 1 is 1.40 bits per heavy atom. The van der Waals surface area contributed by atoms with E-state index in [0.717, 1.165) is 19.6 Å². The Hall–Kier alpha value is -0.450. The predicted octanol–water partition coefficient (Wildman–Crippen LogP) is 3.34. The highest BCUT2D eigenvalue weighted by atomic mass is 32.1. The van der Waals surface area contributed by atoms with Gasteiger partial charge in [0, 0.05) is 35.2 Å². The van der Waals surface area contributed by atoms with Crippen LogP contribution in [0.4, 0.5) is 0 Å². The lowest BCUT2D eigenvalue weighted by Gasteiger charge is -2.52. The Morgan fingerprint density at radius 3 is 2.75 bits per heavy atom. The second-order valence-electron chi connectivity index (χ2n) is 6.94. The van der Waals surface area contributed by atoms with E-state index in [-0.39, 0.29) is 5.54 Å². The van der Waals surface area contributed by atoms with Crippen LogP contribution in [0.2, 0.25) is 0 Å². The van der Waals surface area contributed by atoms with Crippen molar-refractivity contribution in [2.75, 3.05) is 13.1 Å². The van der Waals surface area contributed by atoms with Crippen molar-refractivity contribution >= 4 is 11.3 Å². The van der Waals surface area contributed by atoms with Crippen LogP contribution >= 0.6 is 11.3 Å². The van der Waals surface area contributed by atoms with Crippen LogP contribution in [-0.2, 0) is 6.54 Å². The largest absolute Gasteiger partial charge is 0.308 e. The molecule has 1 aromatic rings. The molecule has 1 aliphatic carbocycles. The topological polar surface area (TPSA) is 28.2 Å². The average Bonchev–Trinajstić information content (AvgIpc) is 3.05. The summed E-state index contributed by atoms with van der Waals surface area (Å²) in [6, 6.07) is 0. The number of aryl methyl sites for hydroxylation is 1. The molecule has 1 N–H and O–H groups in total. The van der Waals surface area contributed by atoms with E-state index in [9.17, 15) is 0 Å². The lowest BCUT2D eigenvalue weighted by molar-refractivity contribution is 0.00527. The summed E-state index contributed by atoms with van der Waals surface area (Å²) in [5.74, 6) is 0. The number of nitrogens with zero attached hydrogens (tertiary/aromatic N) is 2. The van der Waals surface area contributed by atoms with E-state index in [4.69, 9.17) is 0 Å². The molecular weight excluding hydrogens is 266 g/mol. The zero-order chi connectivity index (χ0) is 14.2. The van der Waals surface area contributed by atoms with Gasteiger partial charge in [0.2, 0.25) is 0 Å². The Bertz CT molecular complexity index is 464. The highest BCUT2D eigenvalue weighted by molar-refractivity contribution is 7.09. The Morgan fingerprint density at radius 2 is 2.15 bits per heavy atom. The van der Waals surface area contributed by atoms with E-state index in [1.165, 1.54) is 42.8 Å². The standard InChI is InChI=1S/C16H27N3S/c1-4-15(3)12-19(9-14-18-13(2)10-20-14)16(11-17-15)7-5-6-8-16/h10,17H,4-9,11-12H2,1-3H3. The summed E-state index contributed by atoms with van der Waals surface area (Å²) in [5, 5.41) is 7.30. The first-order valence-corrected chi connectivity index (χ1v) is 8.84. The molecule has 1 aromatic heterocycles. The molecule has 1 saturated heterocycles. The zero-order valence-electron chi connectivity index (χ0n) is 13.0. The van der Waals surface area contributed by atoms with Crippen LogP contribution in [0.3, 0.4) is 0 Å². The summed E-state index contributed by atoms with van der Waals surface area (Å²) in [6.07, 6.45) is 6.67. The summed E-state index contributed by atoms with van der Waals surface area (Å²) < 4.78 is 0. The predicted molar refractivity (Wildman–Crippen MR) is 85.2 cm³/mol. The molecule has 1 spiro atoms. The Labute approximate surface area is 126 Å². The highest BCUT2D eigenvalue weighted by Gasteiger charge is 2.46. The summed E-state index contributed by atoms with van der Waals surface area (Å²) >= 11 is 1.82. The molecule has 2 heterocycles. The van der Waals surface area contributed by atoms with E-state index in [2.05, 4.69) is 41.4 Å². The van der Waals surface area contributed by atoms with E-state index in [1.54, 1.807) is 0 Å². The number of hydrogen-bond donors (Lipinski definition) is 1. The first kappa shape index (κ1) is 14.5. The van der Waals surface area contributed by atoms with Gasteiger partial charge in [0.05, 0.1) is 6.54 Å². The van der Waals surface area contributed by atoms with Gasteiger partial charge in [-0.3, -0.25) is 4.90 Å². The van der Waals surface area contributed by atoms with E-state index in [1.807, 2.05) is 11.3 Å². The van der Waals surface area contributed by atoms with Crippen molar-refractivity contribution < 1.29 is 0 Å². The molecule has 4 heteroatoms. The van der Waals surface area contributed by atoms with Crippen molar-refractivity contribution in [3.63, 3.8) is 0 Å². The molecular formula is C16H27N3S. The molecule has 1 saturated carbocycles. The number of thiazole rings is 1. The van der Waals surface area contributed by atoms with Crippen molar-refractivity contribution in [2.24, 2.45) is 0 Å². The quantitative estimate of drug-likeness (QED) is 0.926. The van der Waals surface area contributed by atoms with Crippen LogP contribution < -0.4 is 5.32 Å². The fourth-order valence-corrected chi connectivity index (χ4v) is 4.55. The molecule has 20 heavy (non-hydrogen) atoms. The van der Waals surface area contributed by atoms with Crippen LogP contribution in [0.25, 0.3) is 0 Å². The zero-order valence-corrected chi connectivity index (χ0v) is 13.9. The first-order valence-electron chi connectivity index (χ1n) is 7.96. The van der Waals surface area contributed by atoms with E-state index >= 15 is 0 Å². The van der Waals surface area contributed by atoms with Gasteiger partial charge in [-0.05, 0) is 33.1 Å². The van der Waals surface area contributed by atoms with Crippen LogP contribution in [0.15, 0.2) is 5.38 Å². The molecule has 0 amide bonds. The number of rotatable bonds is 3. The van der Waals surface area contributed by atoms with Gasteiger partial charge in [-0.1, -0.05) is 19.8 Å². The van der Waals surface area contributed by atoms with Crippen LogP contribution in [0.1, 0.15) is 56.7 Å². The lowest BCUT2D eigenvalue weighted by atomic mass is 9.85. The summed E-state index contributed by atoms with van der Waals surface area (Å²) in [4.78, 5) is 7.44. The van der Waals surface area contributed by atoms with Crippen LogP contribution in [-0.4, -0.2) is 34.1 Å². The normalized spacial score (nSPS) is 30.1. The summed E-state index contributed by atoms with van der Waals surface area (Å²) in [6.45, 7) is 10.1. The van der Waals surface area contributed by atoms with Gasteiger partial charge in [-0.25, -0.2) is 4.98 Å². The molecule has 0 aromatic carbocycles. The minimum atomic E-state index is 0.264. The molecule has 112 valence electrons. The van der Waals surface area contributed by atoms with Gasteiger partial charge < -0.3 is 5.32 Å².